The van der Waals surface area contributed by atoms with Crippen LogP contribution in [0.15, 0.2) is 42.5 Å². The predicted octanol–water partition coefficient (Wildman–Crippen LogP) is 2.26. The zero-order chi connectivity index (χ0) is 16.4. The number of likely N-dealkylation sites (N-methyl/N-ethyl adjacent to an activating group) is 1. The molecule has 0 saturated heterocycles. The Morgan fingerprint density at radius 1 is 1.17 bits per heavy atom. The number of carbonyl (C=O) groups excluding carboxylic acids is 1. The molecule has 1 aromatic heterocycles. The van der Waals surface area contributed by atoms with E-state index in [1.807, 2.05) is 55.4 Å². The molecule has 0 fully saturated rings. The Morgan fingerprint density at radius 3 is 2.78 bits per heavy atom. The van der Waals surface area contributed by atoms with E-state index in [9.17, 15) is 4.79 Å². The van der Waals surface area contributed by atoms with E-state index in [0.29, 0.717) is 23.3 Å². The standard InChI is InChI=1S/C18H20N4O/c1-22(2)9-8-20-18(23)15-5-3-4-13-10-12-6-7-14(19)11-16(12)21-17(13)15/h3-7,10-11H,8-9,19H2,1-2H3,(H,20,23). The number of pyridine rings is 1. The lowest BCUT2D eigenvalue weighted by molar-refractivity contribution is 0.0952. The highest BCUT2D eigenvalue weighted by Gasteiger charge is 2.11. The fourth-order valence-corrected chi connectivity index (χ4v) is 2.54. The number of anilines is 1. The summed E-state index contributed by atoms with van der Waals surface area (Å²) < 4.78 is 0. The summed E-state index contributed by atoms with van der Waals surface area (Å²) in [6, 6.07) is 13.3. The normalized spacial score (nSPS) is 11.3. The summed E-state index contributed by atoms with van der Waals surface area (Å²) in [6.45, 7) is 1.39. The molecule has 5 nitrogen and oxygen atoms in total. The lowest BCUT2D eigenvalue weighted by Crippen LogP contribution is -2.31. The number of nitrogens with one attached hydrogen (secondary N) is 1. The average molecular weight is 308 g/mol. The number of benzene rings is 2. The molecule has 0 aliphatic carbocycles. The Kier molecular flexibility index (Phi) is 4.12. The molecule has 23 heavy (non-hydrogen) atoms. The first-order chi connectivity index (χ1) is 11.0. The summed E-state index contributed by atoms with van der Waals surface area (Å²) in [6.07, 6.45) is 0. The average Bonchev–Trinajstić information content (AvgIpc) is 2.51. The van der Waals surface area contributed by atoms with Crippen molar-refractivity contribution in [2.75, 3.05) is 32.9 Å². The molecule has 2 aromatic carbocycles. The Hall–Kier alpha value is -2.66. The topological polar surface area (TPSA) is 71.2 Å². The summed E-state index contributed by atoms with van der Waals surface area (Å²) in [5, 5.41) is 4.89. The van der Waals surface area contributed by atoms with Crippen LogP contribution in [0.1, 0.15) is 10.4 Å². The van der Waals surface area contributed by atoms with Gasteiger partial charge in [0.1, 0.15) is 0 Å². The van der Waals surface area contributed by atoms with Gasteiger partial charge in [0.05, 0.1) is 16.6 Å². The van der Waals surface area contributed by atoms with Gasteiger partial charge in [-0.15, -0.1) is 0 Å². The number of nitrogen functional groups attached to an aromatic ring is 1. The maximum absolute atomic E-state index is 12.4. The van der Waals surface area contributed by atoms with Crippen LogP contribution in [0.5, 0.6) is 0 Å². The summed E-state index contributed by atoms with van der Waals surface area (Å²) in [7, 11) is 3.95. The van der Waals surface area contributed by atoms with Gasteiger partial charge < -0.3 is 16.0 Å². The quantitative estimate of drug-likeness (QED) is 0.573. The monoisotopic (exact) mass is 308 g/mol. The highest BCUT2D eigenvalue weighted by molar-refractivity contribution is 6.07. The van der Waals surface area contributed by atoms with Crippen molar-refractivity contribution in [2.45, 2.75) is 0 Å². The molecular formula is C18H20N4O. The molecule has 0 aliphatic heterocycles. The number of hydrogen-bond acceptors (Lipinski definition) is 4. The van der Waals surface area contributed by atoms with Crippen molar-refractivity contribution in [2.24, 2.45) is 0 Å². The van der Waals surface area contributed by atoms with Gasteiger partial charge in [0.15, 0.2) is 0 Å². The number of aromatic nitrogens is 1. The van der Waals surface area contributed by atoms with Crippen LogP contribution in [-0.4, -0.2) is 43.0 Å². The van der Waals surface area contributed by atoms with Gasteiger partial charge in [-0.3, -0.25) is 4.79 Å². The number of rotatable bonds is 4. The molecule has 5 heteroatoms. The van der Waals surface area contributed by atoms with Gasteiger partial charge in [0, 0.05) is 29.5 Å². The molecule has 118 valence electrons. The van der Waals surface area contributed by atoms with Crippen LogP contribution in [-0.2, 0) is 0 Å². The van der Waals surface area contributed by atoms with Crippen LogP contribution in [0.2, 0.25) is 0 Å². The van der Waals surface area contributed by atoms with Crippen molar-refractivity contribution in [3.63, 3.8) is 0 Å². The smallest absolute Gasteiger partial charge is 0.253 e. The van der Waals surface area contributed by atoms with Crippen molar-refractivity contribution in [1.82, 2.24) is 15.2 Å². The summed E-state index contributed by atoms with van der Waals surface area (Å²) in [5.74, 6) is -0.104. The lowest BCUT2D eigenvalue weighted by Gasteiger charge is -2.11. The number of para-hydroxylation sites is 1. The molecule has 1 amide bonds. The first-order valence-electron chi connectivity index (χ1n) is 7.56. The molecule has 0 spiro atoms. The Labute approximate surface area is 135 Å². The van der Waals surface area contributed by atoms with Crippen LogP contribution in [0, 0.1) is 0 Å². The molecule has 0 radical (unpaired) electrons. The Balaban J connectivity index is 2.01. The first kappa shape index (κ1) is 15.2. The maximum atomic E-state index is 12.4. The molecule has 0 unspecified atom stereocenters. The molecule has 3 N–H and O–H groups in total. The van der Waals surface area contributed by atoms with Crippen LogP contribution in [0.25, 0.3) is 21.8 Å². The van der Waals surface area contributed by atoms with E-state index in [-0.39, 0.29) is 5.91 Å². The minimum absolute atomic E-state index is 0.104. The molecule has 0 aliphatic rings. The SMILES string of the molecule is CN(C)CCNC(=O)c1cccc2cc3ccc(N)cc3nc12. The van der Waals surface area contributed by atoms with Crippen LogP contribution in [0.3, 0.4) is 0 Å². The lowest BCUT2D eigenvalue weighted by atomic mass is 10.1. The predicted molar refractivity (Wildman–Crippen MR) is 94.5 cm³/mol. The summed E-state index contributed by atoms with van der Waals surface area (Å²) >= 11 is 0. The molecule has 0 atom stereocenters. The fourth-order valence-electron chi connectivity index (χ4n) is 2.54. The largest absolute Gasteiger partial charge is 0.399 e. The van der Waals surface area contributed by atoms with E-state index in [0.717, 1.165) is 22.8 Å². The van der Waals surface area contributed by atoms with E-state index in [4.69, 9.17) is 5.73 Å². The van der Waals surface area contributed by atoms with Gasteiger partial charge >= 0.3 is 0 Å². The van der Waals surface area contributed by atoms with Crippen molar-refractivity contribution < 1.29 is 4.79 Å². The third kappa shape index (κ3) is 3.24. The van der Waals surface area contributed by atoms with E-state index in [2.05, 4.69) is 10.3 Å². The molecule has 3 rings (SSSR count). The maximum Gasteiger partial charge on any atom is 0.253 e. The highest BCUT2D eigenvalue weighted by Crippen LogP contribution is 2.23. The van der Waals surface area contributed by atoms with Gasteiger partial charge in [-0.2, -0.15) is 0 Å². The third-order valence-electron chi connectivity index (χ3n) is 3.75. The second-order valence-electron chi connectivity index (χ2n) is 5.88. The van der Waals surface area contributed by atoms with Crippen LogP contribution < -0.4 is 11.1 Å². The molecule has 0 bridgehead atoms. The minimum Gasteiger partial charge on any atom is -0.399 e. The van der Waals surface area contributed by atoms with Crippen molar-refractivity contribution in [3.8, 4) is 0 Å². The number of amides is 1. The van der Waals surface area contributed by atoms with E-state index in [1.54, 1.807) is 6.07 Å². The third-order valence-corrected chi connectivity index (χ3v) is 3.75. The molecular weight excluding hydrogens is 288 g/mol. The Morgan fingerprint density at radius 2 is 2.00 bits per heavy atom. The molecule has 0 saturated carbocycles. The van der Waals surface area contributed by atoms with Gasteiger partial charge in [-0.05, 0) is 38.4 Å². The fraction of sp³-hybridized carbons (Fsp3) is 0.222. The van der Waals surface area contributed by atoms with Crippen molar-refractivity contribution in [1.29, 1.82) is 0 Å². The number of fused-ring (bicyclic) bond motifs is 2. The number of hydrogen-bond donors (Lipinski definition) is 2. The van der Waals surface area contributed by atoms with Crippen molar-refractivity contribution >= 4 is 33.4 Å². The summed E-state index contributed by atoms with van der Waals surface area (Å²) in [4.78, 5) is 19.1. The van der Waals surface area contributed by atoms with Gasteiger partial charge in [-0.25, -0.2) is 4.98 Å². The van der Waals surface area contributed by atoms with Crippen LogP contribution in [0.4, 0.5) is 5.69 Å². The zero-order valence-corrected chi connectivity index (χ0v) is 13.3. The van der Waals surface area contributed by atoms with Gasteiger partial charge in [0.2, 0.25) is 0 Å². The molecule has 3 aromatic rings. The van der Waals surface area contributed by atoms with Gasteiger partial charge in [-0.1, -0.05) is 18.2 Å². The van der Waals surface area contributed by atoms with Gasteiger partial charge in [0.25, 0.3) is 5.91 Å². The Bertz CT molecular complexity index is 873. The zero-order valence-electron chi connectivity index (χ0n) is 13.3. The minimum atomic E-state index is -0.104. The number of nitrogens with zero attached hydrogens (tertiary/aromatic N) is 2. The van der Waals surface area contributed by atoms with E-state index in [1.165, 1.54) is 0 Å². The summed E-state index contributed by atoms with van der Waals surface area (Å²) in [5.41, 5.74) is 8.59. The number of carbonyl (C=O) groups is 1. The first-order valence-corrected chi connectivity index (χ1v) is 7.56. The second kappa shape index (κ2) is 6.22. The van der Waals surface area contributed by atoms with Crippen molar-refractivity contribution in [3.05, 3.63) is 48.0 Å². The molecule has 1 heterocycles. The van der Waals surface area contributed by atoms with E-state index >= 15 is 0 Å². The highest BCUT2D eigenvalue weighted by atomic mass is 16.1. The van der Waals surface area contributed by atoms with E-state index < -0.39 is 0 Å². The number of nitrogens with two attached hydrogens (primary N) is 1. The second-order valence-corrected chi connectivity index (χ2v) is 5.88. The van der Waals surface area contributed by atoms with Crippen LogP contribution >= 0.6 is 0 Å².